The molecule has 0 spiro atoms. The zero-order valence-corrected chi connectivity index (χ0v) is 68.0. The number of rotatable bonds is 23. The first-order chi connectivity index (χ1) is 48.8. The van der Waals surface area contributed by atoms with E-state index in [1.54, 1.807) is 78.8 Å². The fraction of sp³-hybridized carbons (Fsp3) is 0.697. The summed E-state index contributed by atoms with van der Waals surface area (Å²) in [6.45, 7) is 26.2. The van der Waals surface area contributed by atoms with Crippen molar-refractivity contribution in [3.05, 3.63) is 48.6 Å². The minimum atomic E-state index is -4.18. The average molecular weight is 1490 g/mol. The molecule has 6 N–H and O–H groups in total. The molecule has 2 aromatic carbocycles. The van der Waals surface area contributed by atoms with Gasteiger partial charge in [0.1, 0.15) is 60.4 Å². The predicted molar refractivity (Wildman–Crippen MR) is 407 cm³/mol. The highest BCUT2D eigenvalue weighted by molar-refractivity contribution is 7.89. The minimum absolute atomic E-state index is 0.00833. The van der Waals surface area contributed by atoms with Crippen molar-refractivity contribution in [1.29, 1.82) is 0 Å². The van der Waals surface area contributed by atoms with Crippen LogP contribution in [0.4, 0.5) is 5.69 Å². The molecule has 1 fully saturated rings. The summed E-state index contributed by atoms with van der Waals surface area (Å²) < 4.78 is 36.6. The number of aliphatic hydroxyl groups is 1. The Hall–Kier alpha value is -7.76. The molecule has 11 amide bonds. The van der Waals surface area contributed by atoms with E-state index in [4.69, 9.17) is 4.74 Å². The molecular weight excluding hydrogens is 1370 g/mol. The normalized spacial score (nSPS) is 24.2. The number of hydrogen-bond acceptors (Lipinski definition) is 16. The molecule has 0 radical (unpaired) electrons. The Morgan fingerprint density at radius 1 is 0.552 bits per heavy atom. The number of carbonyl (C=O) groups is 11. The molecule has 2 aromatic rings. The second kappa shape index (κ2) is 41.4. The van der Waals surface area contributed by atoms with Crippen LogP contribution in [0.25, 0.3) is 10.8 Å². The lowest BCUT2D eigenvalue weighted by atomic mass is 9.91. The molecule has 0 unspecified atom stereocenters. The SMILES string of the molecule is C/C=C/C[C@@H](C)[C@@H](O)[C@H]1C(=O)N[C@@H](CC)C(=O)N(C)CC(=O)N(C)[C@@H](CC(C)C)C(=O)N[C@@H](C(C)C)C(=O)N(C)[C@@H](CC(C)C)C(=O)N[C@@H](C)C(=O)N[C@H](COCCNS(=O)(=O)c2cccc3c(N(C)C)cccc23)C(=O)N(C)[C@@H](CC(C)C)C(=O)N(C)[C@@H](CC(C)C)C(=O)N(C)[C@@H](C(C)C)C(=O)N1C. The molecule has 12 atom stereocenters. The number of anilines is 1. The van der Waals surface area contributed by atoms with Gasteiger partial charge in [-0.2, -0.15) is 0 Å². The molecule has 1 aliphatic rings. The number of ether oxygens (including phenoxy) is 1. The van der Waals surface area contributed by atoms with E-state index in [1.165, 1.54) is 81.9 Å². The fourth-order valence-electron chi connectivity index (χ4n) is 13.1. The molecule has 105 heavy (non-hydrogen) atoms. The van der Waals surface area contributed by atoms with Crippen molar-refractivity contribution in [3.63, 3.8) is 0 Å². The van der Waals surface area contributed by atoms with E-state index in [2.05, 4.69) is 26.0 Å². The van der Waals surface area contributed by atoms with Gasteiger partial charge in [0.2, 0.25) is 75.0 Å². The van der Waals surface area contributed by atoms with Gasteiger partial charge >= 0.3 is 0 Å². The highest BCUT2D eigenvalue weighted by Gasteiger charge is 2.46. The van der Waals surface area contributed by atoms with Crippen molar-refractivity contribution in [1.82, 2.24) is 60.3 Å². The summed E-state index contributed by atoms with van der Waals surface area (Å²) in [5.41, 5.74) is 0.797. The maximum atomic E-state index is 15.5. The number of fused-ring (bicyclic) bond motifs is 1. The van der Waals surface area contributed by atoms with Gasteiger partial charge in [-0.3, -0.25) is 52.7 Å². The summed E-state index contributed by atoms with van der Waals surface area (Å²) in [5.74, 6) is -11.1. The van der Waals surface area contributed by atoms with Crippen molar-refractivity contribution in [2.24, 2.45) is 41.4 Å². The van der Waals surface area contributed by atoms with Crippen LogP contribution >= 0.6 is 0 Å². The number of sulfonamides is 1. The van der Waals surface area contributed by atoms with Crippen LogP contribution in [0.5, 0.6) is 0 Å². The Bertz CT molecular complexity index is 3450. The molecule has 1 heterocycles. The predicted octanol–water partition coefficient (Wildman–Crippen LogP) is 4.46. The van der Waals surface area contributed by atoms with E-state index in [-0.39, 0.29) is 80.2 Å². The van der Waals surface area contributed by atoms with Gasteiger partial charge in [-0.15, -0.1) is 0 Å². The van der Waals surface area contributed by atoms with E-state index in [0.29, 0.717) is 10.8 Å². The van der Waals surface area contributed by atoms with E-state index in [1.807, 2.05) is 86.5 Å². The lowest BCUT2D eigenvalue weighted by molar-refractivity contribution is -0.157. The van der Waals surface area contributed by atoms with Crippen LogP contribution in [-0.2, 0) is 67.5 Å². The molecule has 1 aliphatic heterocycles. The molecule has 0 bridgehead atoms. The van der Waals surface area contributed by atoms with Gasteiger partial charge in [0.05, 0.1) is 30.8 Å². The number of carbonyl (C=O) groups excluding carboxylic acids is 11. The van der Waals surface area contributed by atoms with E-state index in [0.717, 1.165) is 20.4 Å². The second-order valence-corrected chi connectivity index (χ2v) is 32.7. The first kappa shape index (κ1) is 91.4. The van der Waals surface area contributed by atoms with E-state index < -0.39 is 172 Å². The lowest BCUT2D eigenvalue weighted by Gasteiger charge is -2.41. The van der Waals surface area contributed by atoms with Crippen molar-refractivity contribution >= 4 is 91.5 Å². The minimum Gasteiger partial charge on any atom is -0.390 e. The summed E-state index contributed by atoms with van der Waals surface area (Å²) in [5, 5.41) is 24.4. The summed E-state index contributed by atoms with van der Waals surface area (Å²) in [6.07, 6.45) is 2.56. The van der Waals surface area contributed by atoms with Gasteiger partial charge in [0.25, 0.3) is 0 Å². The third-order valence-electron chi connectivity index (χ3n) is 19.4. The van der Waals surface area contributed by atoms with Crippen molar-refractivity contribution in [3.8, 4) is 0 Å². The first-order valence-electron chi connectivity index (χ1n) is 36.9. The standard InChI is InChI=1S/C76H127N13O15S/c1-26-28-31-50(15)66(91)65-70(95)79-54(27-2)71(96)83(19)42-62(90)84(20)57(38-44(3)4)69(94)81-63(48(11)12)75(100)85(21)58(39-45(5)6)68(93)78-51(16)67(92)80-55(43-104-37-36-77-105(102,103)61-35-30-32-52-53(61)33-29-34-56(52)82(17)18)72(97)86(22)59(40-46(7)8)73(98)87(23)60(41-47(9)10)74(99)88(24)64(49(13)14)76(101)89(65)25/h26,28-30,32-35,44-51,54-55,57-60,63-66,77,91H,27,31,36-43H2,1-25H3,(H,78,93)(H,79,95)(H,80,92)(H,81,94)/b28-26+/t50-,51+,54+,55-,57+,58+,59+,60+,63+,64+,65+,66-/m1/s1. The Kier molecular flexibility index (Phi) is 36.0. The topological polar surface area (TPSA) is 337 Å². The lowest BCUT2D eigenvalue weighted by Crippen LogP contribution is -2.63. The van der Waals surface area contributed by atoms with Crippen LogP contribution in [0, 0.1) is 41.4 Å². The Balaban J connectivity index is 2.36. The van der Waals surface area contributed by atoms with Gasteiger partial charge in [-0.25, -0.2) is 13.1 Å². The molecule has 1 saturated heterocycles. The van der Waals surface area contributed by atoms with Crippen LogP contribution in [0.2, 0.25) is 0 Å². The highest BCUT2D eigenvalue weighted by atomic mass is 32.2. The highest BCUT2D eigenvalue weighted by Crippen LogP contribution is 2.31. The summed E-state index contributed by atoms with van der Waals surface area (Å²) in [7, 11) is 9.20. The Labute approximate surface area is 625 Å². The molecule has 28 nitrogen and oxygen atoms in total. The number of nitrogens with one attached hydrogen (secondary N) is 5. The third-order valence-corrected chi connectivity index (χ3v) is 20.9. The van der Waals surface area contributed by atoms with Crippen molar-refractivity contribution in [2.75, 3.05) is 94.6 Å². The second-order valence-electron chi connectivity index (χ2n) is 30.9. The van der Waals surface area contributed by atoms with Crippen LogP contribution < -0.4 is 30.9 Å². The number of allylic oxidation sites excluding steroid dienone is 2. The number of hydrogen-bond donors (Lipinski definition) is 6. The van der Waals surface area contributed by atoms with Crippen molar-refractivity contribution < 1.29 is 71.0 Å². The Morgan fingerprint density at radius 3 is 1.54 bits per heavy atom. The maximum Gasteiger partial charge on any atom is 0.247 e. The quantitative estimate of drug-likeness (QED) is 0.0661. The first-order valence-corrected chi connectivity index (χ1v) is 38.4. The van der Waals surface area contributed by atoms with Gasteiger partial charge in [-0.1, -0.05) is 133 Å². The number of aliphatic hydroxyl groups excluding tert-OH is 1. The van der Waals surface area contributed by atoms with Crippen LogP contribution in [-0.4, -0.2) is 269 Å². The van der Waals surface area contributed by atoms with E-state index in [9.17, 15) is 47.1 Å². The van der Waals surface area contributed by atoms with Crippen LogP contribution in [0.3, 0.4) is 0 Å². The molecule has 0 aliphatic carbocycles. The number of benzene rings is 2. The smallest absolute Gasteiger partial charge is 0.247 e. The number of amides is 11. The third kappa shape index (κ3) is 24.9. The summed E-state index contributed by atoms with van der Waals surface area (Å²) >= 11 is 0. The van der Waals surface area contributed by atoms with Crippen LogP contribution in [0.1, 0.15) is 149 Å². The van der Waals surface area contributed by atoms with Crippen molar-refractivity contribution in [2.45, 2.75) is 221 Å². The average Bonchev–Trinajstić information content (AvgIpc) is 0.785. The van der Waals surface area contributed by atoms with Gasteiger partial charge in [0, 0.05) is 86.4 Å². The number of likely N-dealkylation sites (N-methyl/N-ethyl adjacent to an activating group) is 7. The molecular formula is C76H127N13O15S. The number of nitrogens with zero attached hydrogens (tertiary/aromatic N) is 8. The largest absolute Gasteiger partial charge is 0.390 e. The van der Waals surface area contributed by atoms with E-state index >= 15 is 19.2 Å². The molecule has 592 valence electrons. The fourth-order valence-corrected chi connectivity index (χ4v) is 14.3. The molecule has 3 rings (SSSR count). The zero-order valence-electron chi connectivity index (χ0n) is 67.2. The van der Waals surface area contributed by atoms with Crippen LogP contribution in [0.15, 0.2) is 53.4 Å². The van der Waals surface area contributed by atoms with Gasteiger partial charge < -0.3 is 70.3 Å². The molecule has 0 saturated carbocycles. The Morgan fingerprint density at radius 2 is 1.03 bits per heavy atom. The van der Waals surface area contributed by atoms with Gasteiger partial charge in [-0.05, 0) is 106 Å². The zero-order chi connectivity index (χ0) is 80.1. The summed E-state index contributed by atoms with van der Waals surface area (Å²) in [6, 6.07) is -3.36. The van der Waals surface area contributed by atoms with Gasteiger partial charge in [0.15, 0.2) is 0 Å². The molecule has 29 heteroatoms. The monoisotopic (exact) mass is 1490 g/mol. The maximum absolute atomic E-state index is 15.5. The summed E-state index contributed by atoms with van der Waals surface area (Å²) in [4.78, 5) is 175. The molecule has 0 aromatic heterocycles.